The fourth-order valence-electron chi connectivity index (χ4n) is 1.13. The van der Waals surface area contributed by atoms with E-state index in [-0.39, 0.29) is 12.2 Å². The highest BCUT2D eigenvalue weighted by Gasteiger charge is 2.31. The topological polar surface area (TPSA) is 61.7 Å². The Morgan fingerprint density at radius 1 is 1.33 bits per heavy atom. The van der Waals surface area contributed by atoms with E-state index in [1.165, 1.54) is 0 Å². The van der Waals surface area contributed by atoms with Crippen LogP contribution in [0.2, 0.25) is 0 Å². The van der Waals surface area contributed by atoms with Crippen molar-refractivity contribution in [1.29, 1.82) is 0 Å². The van der Waals surface area contributed by atoms with Crippen LogP contribution in [0.25, 0.3) is 0 Å². The van der Waals surface area contributed by atoms with Crippen LogP contribution < -0.4 is 10.1 Å². The van der Waals surface area contributed by atoms with Gasteiger partial charge in [0.2, 0.25) is 0 Å². The summed E-state index contributed by atoms with van der Waals surface area (Å²) in [5, 5.41) is 19.9. The Morgan fingerprint density at radius 3 is 2.56 bits per heavy atom. The molecular formula is C10H11F4NO3. The first kappa shape index (κ1) is 14.5. The Kier molecular flexibility index (Phi) is 4.74. The predicted molar refractivity (Wildman–Crippen MR) is 54.7 cm³/mol. The van der Waals surface area contributed by atoms with Crippen molar-refractivity contribution in [2.75, 3.05) is 18.5 Å². The van der Waals surface area contributed by atoms with Crippen molar-refractivity contribution in [3.05, 3.63) is 24.0 Å². The lowest BCUT2D eigenvalue weighted by Crippen LogP contribution is -2.23. The Labute approximate surface area is 99.8 Å². The number of aliphatic hydroxyl groups is 2. The molecule has 0 amide bonds. The van der Waals surface area contributed by atoms with Crippen molar-refractivity contribution in [3.8, 4) is 5.75 Å². The molecule has 0 aliphatic rings. The van der Waals surface area contributed by atoms with Crippen molar-refractivity contribution in [1.82, 2.24) is 0 Å². The van der Waals surface area contributed by atoms with Crippen LogP contribution >= 0.6 is 0 Å². The van der Waals surface area contributed by atoms with Crippen molar-refractivity contribution in [3.63, 3.8) is 0 Å². The third-order valence-corrected chi connectivity index (χ3v) is 1.91. The molecule has 3 N–H and O–H groups in total. The summed E-state index contributed by atoms with van der Waals surface area (Å²) in [5.41, 5.74) is -0.260. The Morgan fingerprint density at radius 2 is 2.00 bits per heavy atom. The highest BCUT2D eigenvalue weighted by Crippen LogP contribution is 2.26. The van der Waals surface area contributed by atoms with E-state index in [0.717, 1.165) is 18.2 Å². The third kappa shape index (κ3) is 4.76. The minimum Gasteiger partial charge on any atom is -0.406 e. The number of anilines is 1. The summed E-state index contributed by atoms with van der Waals surface area (Å²) < 4.78 is 52.6. The van der Waals surface area contributed by atoms with Gasteiger partial charge >= 0.3 is 6.36 Å². The van der Waals surface area contributed by atoms with E-state index in [1.807, 2.05) is 0 Å². The van der Waals surface area contributed by atoms with Gasteiger partial charge in [0.05, 0.1) is 18.4 Å². The highest BCUT2D eigenvalue weighted by atomic mass is 19.4. The number of aliphatic hydroxyl groups excluding tert-OH is 2. The first-order valence-corrected chi connectivity index (χ1v) is 4.90. The van der Waals surface area contributed by atoms with E-state index >= 15 is 0 Å². The van der Waals surface area contributed by atoms with Gasteiger partial charge in [-0.25, -0.2) is 4.39 Å². The molecule has 1 rings (SSSR count). The molecule has 0 spiro atoms. The number of hydrogen-bond acceptors (Lipinski definition) is 4. The first-order valence-electron chi connectivity index (χ1n) is 4.90. The monoisotopic (exact) mass is 269 g/mol. The van der Waals surface area contributed by atoms with E-state index in [9.17, 15) is 17.6 Å². The van der Waals surface area contributed by atoms with Crippen molar-refractivity contribution in [2.24, 2.45) is 0 Å². The Bertz CT molecular complexity index is 397. The van der Waals surface area contributed by atoms with Gasteiger partial charge in [0.1, 0.15) is 11.6 Å². The zero-order chi connectivity index (χ0) is 13.8. The van der Waals surface area contributed by atoms with E-state index in [2.05, 4.69) is 10.1 Å². The molecule has 0 radical (unpaired) electrons. The fourth-order valence-corrected chi connectivity index (χ4v) is 1.13. The summed E-state index contributed by atoms with van der Waals surface area (Å²) in [6.45, 7) is -0.754. The maximum atomic E-state index is 13.2. The van der Waals surface area contributed by atoms with E-state index in [1.54, 1.807) is 0 Å². The predicted octanol–water partition coefficient (Wildman–Crippen LogP) is 1.49. The molecule has 0 saturated heterocycles. The molecular weight excluding hydrogens is 258 g/mol. The van der Waals surface area contributed by atoms with Gasteiger partial charge in [-0.15, -0.1) is 13.2 Å². The molecule has 0 aromatic heterocycles. The zero-order valence-corrected chi connectivity index (χ0v) is 9.04. The molecule has 0 saturated carbocycles. The van der Waals surface area contributed by atoms with Gasteiger partial charge in [0, 0.05) is 12.6 Å². The molecule has 1 aromatic rings. The molecule has 1 aromatic carbocycles. The summed E-state index contributed by atoms with van der Waals surface area (Å²) in [4.78, 5) is 0. The zero-order valence-electron chi connectivity index (χ0n) is 9.04. The third-order valence-electron chi connectivity index (χ3n) is 1.91. The van der Waals surface area contributed by atoms with Crippen LogP contribution in [-0.4, -0.2) is 35.8 Å². The minimum atomic E-state index is -4.86. The van der Waals surface area contributed by atoms with Gasteiger partial charge in [0.15, 0.2) is 0 Å². The van der Waals surface area contributed by atoms with Crippen molar-refractivity contribution >= 4 is 5.69 Å². The van der Waals surface area contributed by atoms with Crippen LogP contribution in [0.3, 0.4) is 0 Å². The van der Waals surface area contributed by atoms with Crippen LogP contribution in [0, 0.1) is 5.82 Å². The van der Waals surface area contributed by atoms with Crippen molar-refractivity contribution in [2.45, 2.75) is 12.5 Å². The maximum absolute atomic E-state index is 13.2. The van der Waals surface area contributed by atoms with Gasteiger partial charge in [-0.05, 0) is 12.1 Å². The number of alkyl halides is 3. The highest BCUT2D eigenvalue weighted by molar-refractivity contribution is 5.49. The van der Waals surface area contributed by atoms with Crippen LogP contribution in [0.5, 0.6) is 5.75 Å². The average molecular weight is 269 g/mol. The van der Waals surface area contributed by atoms with Gasteiger partial charge in [-0.2, -0.15) is 0 Å². The summed E-state index contributed by atoms with van der Waals surface area (Å²) >= 11 is 0. The van der Waals surface area contributed by atoms with Gasteiger partial charge in [-0.1, -0.05) is 0 Å². The number of hydrogen-bond donors (Lipinski definition) is 3. The maximum Gasteiger partial charge on any atom is 0.573 e. The van der Waals surface area contributed by atoms with Crippen LogP contribution in [0.15, 0.2) is 18.2 Å². The van der Waals surface area contributed by atoms with E-state index in [4.69, 9.17) is 10.2 Å². The molecule has 8 heteroatoms. The molecule has 0 bridgehead atoms. The second-order valence-electron chi connectivity index (χ2n) is 3.41. The average Bonchev–Trinajstić information content (AvgIpc) is 2.27. The number of nitrogens with one attached hydrogen (secondary N) is 1. The quantitative estimate of drug-likeness (QED) is 0.709. The molecule has 4 nitrogen and oxygen atoms in total. The van der Waals surface area contributed by atoms with Crippen LogP contribution in [-0.2, 0) is 0 Å². The number of ether oxygens (including phenoxy) is 1. The summed E-state index contributed by atoms with van der Waals surface area (Å²) in [6.07, 6.45) is -6.00. The lowest BCUT2D eigenvalue weighted by Gasteiger charge is -2.13. The summed E-state index contributed by atoms with van der Waals surface area (Å²) in [5.74, 6) is -1.38. The van der Waals surface area contributed by atoms with Crippen LogP contribution in [0.1, 0.15) is 0 Å². The Balaban J connectivity index is 2.75. The molecule has 0 aliphatic carbocycles. The smallest absolute Gasteiger partial charge is 0.406 e. The lowest BCUT2D eigenvalue weighted by atomic mass is 10.2. The fraction of sp³-hybridized carbons (Fsp3) is 0.400. The second-order valence-corrected chi connectivity index (χ2v) is 3.41. The largest absolute Gasteiger partial charge is 0.573 e. The molecule has 0 heterocycles. The van der Waals surface area contributed by atoms with E-state index in [0.29, 0.717) is 0 Å². The SMILES string of the molecule is OCC(O)CNc1cc(OC(F)(F)F)ccc1F. The molecule has 0 aliphatic heterocycles. The summed E-state index contributed by atoms with van der Waals surface area (Å²) in [7, 11) is 0. The van der Waals surface area contributed by atoms with Gasteiger partial charge < -0.3 is 20.3 Å². The first-order chi connectivity index (χ1) is 8.31. The van der Waals surface area contributed by atoms with Crippen molar-refractivity contribution < 1.29 is 32.5 Å². The van der Waals surface area contributed by atoms with Gasteiger partial charge in [-0.3, -0.25) is 0 Å². The molecule has 0 fully saturated rings. The lowest BCUT2D eigenvalue weighted by molar-refractivity contribution is -0.274. The molecule has 102 valence electrons. The minimum absolute atomic E-state index is 0.205. The standard InChI is InChI=1S/C10H11F4NO3/c11-8-2-1-7(18-10(12,13)14)3-9(8)15-4-6(17)5-16/h1-3,6,15-17H,4-5H2. The molecule has 1 atom stereocenters. The van der Waals surface area contributed by atoms with Crippen LogP contribution in [0.4, 0.5) is 23.2 Å². The Hall–Kier alpha value is -1.54. The number of rotatable bonds is 5. The normalized spacial score (nSPS) is 13.2. The van der Waals surface area contributed by atoms with Gasteiger partial charge in [0.25, 0.3) is 0 Å². The van der Waals surface area contributed by atoms with E-state index < -0.39 is 30.6 Å². The number of halogens is 4. The molecule has 1 unspecified atom stereocenters. The second kappa shape index (κ2) is 5.87. The summed E-state index contributed by atoms with van der Waals surface area (Å²) in [6, 6.07) is 2.44. The molecule has 18 heavy (non-hydrogen) atoms. The number of benzene rings is 1.